The summed E-state index contributed by atoms with van der Waals surface area (Å²) in [6.45, 7) is 0. The van der Waals surface area contributed by atoms with Crippen molar-refractivity contribution in [2.24, 2.45) is 0 Å². The highest BCUT2D eigenvalue weighted by molar-refractivity contribution is 5.36. The summed E-state index contributed by atoms with van der Waals surface area (Å²) in [5.41, 5.74) is -0.0598. The Morgan fingerprint density at radius 2 is 1.56 bits per heavy atom. The molecule has 0 aromatic heterocycles. The predicted molar refractivity (Wildman–Crippen MR) is 50.1 cm³/mol. The van der Waals surface area contributed by atoms with Gasteiger partial charge in [-0.25, -0.2) is 0 Å². The minimum atomic E-state index is -4.42. The molecule has 16 heavy (non-hydrogen) atoms. The van der Waals surface area contributed by atoms with E-state index in [1.54, 1.807) is 6.07 Å². The number of rotatable bonds is 2. The fourth-order valence-electron chi connectivity index (χ4n) is 1.31. The molecule has 1 rings (SSSR count). The quantitative estimate of drug-likeness (QED) is 0.775. The lowest BCUT2D eigenvalue weighted by Gasteiger charge is -2.10. The Bertz CT molecular complexity index is 464. The maximum Gasteiger partial charge on any atom is 0.416 e. The van der Waals surface area contributed by atoms with Crippen molar-refractivity contribution < 1.29 is 13.2 Å². The summed E-state index contributed by atoms with van der Waals surface area (Å²) in [6, 6.07) is 6.73. The molecule has 0 radical (unpaired) electrons. The van der Waals surface area contributed by atoms with Crippen LogP contribution >= 0.6 is 0 Å². The van der Waals surface area contributed by atoms with E-state index in [1.807, 2.05) is 6.07 Å². The molecule has 1 aromatic rings. The van der Waals surface area contributed by atoms with Crippen LogP contribution in [0.2, 0.25) is 0 Å². The molecule has 0 aliphatic rings. The van der Waals surface area contributed by atoms with Crippen molar-refractivity contribution >= 4 is 0 Å². The topological polar surface area (TPSA) is 47.6 Å². The smallest absolute Gasteiger partial charge is 0.198 e. The molecule has 0 fully saturated rings. The van der Waals surface area contributed by atoms with Crippen LogP contribution in [0.1, 0.15) is 16.7 Å². The van der Waals surface area contributed by atoms with E-state index in [0.29, 0.717) is 5.56 Å². The Morgan fingerprint density at radius 3 is 2.06 bits per heavy atom. The third-order valence-corrected chi connectivity index (χ3v) is 2.07. The van der Waals surface area contributed by atoms with Gasteiger partial charge in [-0.1, -0.05) is 6.07 Å². The van der Waals surface area contributed by atoms with Crippen LogP contribution in [0, 0.1) is 22.7 Å². The molecule has 0 heterocycles. The summed E-state index contributed by atoms with van der Waals surface area (Å²) in [6.07, 6.45) is -4.54. The molecule has 0 spiro atoms. The summed E-state index contributed by atoms with van der Waals surface area (Å²) >= 11 is 0. The Kier molecular flexibility index (Phi) is 3.52. The predicted octanol–water partition coefficient (Wildman–Crippen LogP) is 2.84. The van der Waals surface area contributed by atoms with Gasteiger partial charge < -0.3 is 0 Å². The first-order chi connectivity index (χ1) is 7.49. The van der Waals surface area contributed by atoms with Gasteiger partial charge in [0.25, 0.3) is 0 Å². The van der Waals surface area contributed by atoms with Crippen LogP contribution in [-0.4, -0.2) is 0 Å². The van der Waals surface area contributed by atoms with Gasteiger partial charge in [0.05, 0.1) is 30.5 Å². The van der Waals surface area contributed by atoms with Crippen LogP contribution in [0.15, 0.2) is 18.2 Å². The molecule has 0 aliphatic heterocycles. The van der Waals surface area contributed by atoms with E-state index < -0.39 is 11.7 Å². The number of nitrogens with zero attached hydrogens (tertiary/aromatic N) is 2. The zero-order valence-corrected chi connectivity index (χ0v) is 8.17. The summed E-state index contributed by atoms with van der Waals surface area (Å²) in [5.74, 6) is 0. The SMILES string of the molecule is N#CCc1ccc(C(F)(F)F)cc1CC#N. The number of benzene rings is 1. The monoisotopic (exact) mass is 224 g/mol. The Balaban J connectivity index is 3.19. The molecule has 0 N–H and O–H groups in total. The molecule has 0 amide bonds. The molecule has 0 saturated heterocycles. The van der Waals surface area contributed by atoms with Crippen molar-refractivity contribution in [2.75, 3.05) is 0 Å². The third-order valence-electron chi connectivity index (χ3n) is 2.07. The molecule has 0 bridgehead atoms. The summed E-state index contributed by atoms with van der Waals surface area (Å²) in [5, 5.41) is 17.0. The van der Waals surface area contributed by atoms with Crippen molar-refractivity contribution in [1.82, 2.24) is 0 Å². The Morgan fingerprint density at radius 1 is 1.00 bits per heavy atom. The van der Waals surface area contributed by atoms with Crippen LogP contribution in [0.4, 0.5) is 13.2 Å². The number of hydrogen-bond acceptors (Lipinski definition) is 2. The van der Waals surface area contributed by atoms with Gasteiger partial charge in [0.15, 0.2) is 0 Å². The molecule has 0 unspecified atom stereocenters. The standard InChI is InChI=1S/C11H7F3N2/c12-11(13,14)10-2-1-8(3-5-15)9(7-10)4-6-16/h1-2,7H,3-4H2. The van der Waals surface area contributed by atoms with Crippen molar-refractivity contribution in [3.63, 3.8) is 0 Å². The van der Waals surface area contributed by atoms with Gasteiger partial charge in [-0.05, 0) is 23.3 Å². The second-order valence-corrected chi connectivity index (χ2v) is 3.15. The van der Waals surface area contributed by atoms with Crippen molar-refractivity contribution in [3.05, 3.63) is 34.9 Å². The van der Waals surface area contributed by atoms with Gasteiger partial charge in [0.2, 0.25) is 0 Å². The van der Waals surface area contributed by atoms with Crippen molar-refractivity contribution in [2.45, 2.75) is 19.0 Å². The molecule has 82 valence electrons. The summed E-state index contributed by atoms with van der Waals surface area (Å²) in [7, 11) is 0. The average Bonchev–Trinajstić information content (AvgIpc) is 2.19. The lowest BCUT2D eigenvalue weighted by atomic mass is 9.99. The van der Waals surface area contributed by atoms with Crippen LogP contribution in [0.3, 0.4) is 0 Å². The number of nitriles is 2. The van der Waals surface area contributed by atoms with E-state index >= 15 is 0 Å². The molecule has 0 saturated carbocycles. The molecule has 0 atom stereocenters. The van der Waals surface area contributed by atoms with Gasteiger partial charge in [-0.15, -0.1) is 0 Å². The maximum atomic E-state index is 12.4. The van der Waals surface area contributed by atoms with Gasteiger partial charge >= 0.3 is 6.18 Å². The van der Waals surface area contributed by atoms with Gasteiger partial charge in [-0.3, -0.25) is 0 Å². The van der Waals surface area contributed by atoms with Crippen LogP contribution < -0.4 is 0 Å². The first-order valence-electron chi connectivity index (χ1n) is 4.42. The lowest BCUT2D eigenvalue weighted by Crippen LogP contribution is -2.06. The maximum absolute atomic E-state index is 12.4. The zero-order chi connectivity index (χ0) is 12.2. The Hall–Kier alpha value is -2.01. The molecule has 0 aliphatic carbocycles. The van der Waals surface area contributed by atoms with Crippen LogP contribution in [-0.2, 0) is 19.0 Å². The van der Waals surface area contributed by atoms with E-state index in [1.165, 1.54) is 6.07 Å². The highest BCUT2D eigenvalue weighted by Crippen LogP contribution is 2.30. The van der Waals surface area contributed by atoms with Gasteiger partial charge in [0.1, 0.15) is 0 Å². The van der Waals surface area contributed by atoms with E-state index in [4.69, 9.17) is 10.5 Å². The molecular formula is C11H7F3N2. The minimum Gasteiger partial charge on any atom is -0.198 e. The third kappa shape index (κ3) is 2.74. The molecule has 5 heteroatoms. The summed E-state index contributed by atoms with van der Waals surface area (Å²) in [4.78, 5) is 0. The fraction of sp³-hybridized carbons (Fsp3) is 0.273. The van der Waals surface area contributed by atoms with E-state index in [9.17, 15) is 13.2 Å². The first-order valence-corrected chi connectivity index (χ1v) is 4.42. The highest BCUT2D eigenvalue weighted by atomic mass is 19.4. The van der Waals surface area contributed by atoms with Crippen molar-refractivity contribution in [3.8, 4) is 12.1 Å². The average molecular weight is 224 g/mol. The first kappa shape index (κ1) is 12.1. The van der Waals surface area contributed by atoms with Gasteiger partial charge in [-0.2, -0.15) is 23.7 Å². The molecule has 1 aromatic carbocycles. The number of alkyl halides is 3. The fourth-order valence-corrected chi connectivity index (χ4v) is 1.31. The Labute approximate surface area is 90.5 Å². The molecule has 2 nitrogen and oxygen atoms in total. The number of hydrogen-bond donors (Lipinski definition) is 0. The second-order valence-electron chi connectivity index (χ2n) is 3.15. The van der Waals surface area contributed by atoms with E-state index in [-0.39, 0.29) is 18.4 Å². The normalized spacial score (nSPS) is 10.6. The summed E-state index contributed by atoms with van der Waals surface area (Å²) < 4.78 is 37.1. The van der Waals surface area contributed by atoms with Gasteiger partial charge in [0, 0.05) is 0 Å². The highest BCUT2D eigenvalue weighted by Gasteiger charge is 2.30. The minimum absolute atomic E-state index is 0.00908. The van der Waals surface area contributed by atoms with Crippen molar-refractivity contribution in [1.29, 1.82) is 10.5 Å². The largest absolute Gasteiger partial charge is 0.416 e. The zero-order valence-electron chi connectivity index (χ0n) is 8.17. The molecular weight excluding hydrogens is 217 g/mol. The van der Waals surface area contributed by atoms with E-state index in [2.05, 4.69) is 0 Å². The second kappa shape index (κ2) is 4.67. The lowest BCUT2D eigenvalue weighted by molar-refractivity contribution is -0.137. The van der Waals surface area contributed by atoms with Crippen LogP contribution in [0.5, 0.6) is 0 Å². The number of halogens is 3. The van der Waals surface area contributed by atoms with Crippen LogP contribution in [0.25, 0.3) is 0 Å². The van der Waals surface area contributed by atoms with E-state index in [0.717, 1.165) is 12.1 Å².